The van der Waals surface area contributed by atoms with E-state index >= 15 is 0 Å². The van der Waals surface area contributed by atoms with Gasteiger partial charge in [-0.2, -0.15) is 0 Å². The average molecular weight is 1050 g/mol. The summed E-state index contributed by atoms with van der Waals surface area (Å²) < 4.78 is 65.5. The number of phosphoric acid groups is 3. The summed E-state index contributed by atoms with van der Waals surface area (Å²) in [5.41, 5.74) is 0. The quantitative estimate of drug-likeness (QED) is 0.0122. The second kappa shape index (κ2) is 38.5. The van der Waals surface area contributed by atoms with Crippen LogP contribution < -0.4 is 0 Å². The normalized spacial score (nSPS) is 21.8. The standard InChI is InChI=1S/C47H83O19P3/c1-3-5-7-9-11-13-15-17-18-19-20-21-22-24-25-27-29-31-33-35-40(48)61-37-39(63-41(49)36-34-32-30-28-26-23-16-14-12-10-8-6-4-2)38-62-69(59,60)66-45-42(50)43(51)46(64-67(53,54)55)47(44(45)52)65-68(56,57)58/h8,10-11,13-14,16-18,20-21,39,42-47,50-52H,3-7,9,12,15,19,22-38H2,1-2H3,(H,59,60)(H2,53,54,55)(H2,56,57,58)/b10-8-,13-11-,16-14-,18-17-,21-20-/t39-,42?,43?,44?,45+,46?,47+/m1/s1. The van der Waals surface area contributed by atoms with E-state index < -0.39 is 91.3 Å². The molecule has 1 fully saturated rings. The van der Waals surface area contributed by atoms with Crippen LogP contribution in [0, 0.1) is 0 Å². The van der Waals surface area contributed by atoms with Gasteiger partial charge < -0.3 is 49.3 Å². The minimum absolute atomic E-state index is 0.0239. The first kappa shape index (κ1) is 64.9. The molecule has 0 aromatic heterocycles. The van der Waals surface area contributed by atoms with Gasteiger partial charge in [0.15, 0.2) is 6.10 Å². The molecule has 0 amide bonds. The van der Waals surface area contributed by atoms with Crippen molar-refractivity contribution < 1.29 is 90.6 Å². The third-order valence-corrected chi connectivity index (χ3v) is 12.8. The Morgan fingerprint density at radius 3 is 1.35 bits per heavy atom. The molecule has 0 saturated heterocycles. The number of hydrogen-bond donors (Lipinski definition) is 8. The van der Waals surface area contributed by atoms with Crippen molar-refractivity contribution in [3.05, 3.63) is 60.8 Å². The van der Waals surface area contributed by atoms with Gasteiger partial charge in [0.25, 0.3) is 0 Å². The summed E-state index contributed by atoms with van der Waals surface area (Å²) >= 11 is 0. The van der Waals surface area contributed by atoms with E-state index in [1.807, 2.05) is 0 Å². The number of aliphatic hydroxyl groups excluding tert-OH is 3. The van der Waals surface area contributed by atoms with Gasteiger partial charge in [0.1, 0.15) is 43.2 Å². The van der Waals surface area contributed by atoms with Gasteiger partial charge in [-0.25, -0.2) is 13.7 Å². The molecule has 0 bridgehead atoms. The summed E-state index contributed by atoms with van der Waals surface area (Å²) in [6.45, 7) is 2.83. The first-order valence-electron chi connectivity index (χ1n) is 24.6. The molecule has 5 unspecified atom stereocenters. The van der Waals surface area contributed by atoms with Gasteiger partial charge in [-0.1, -0.05) is 139 Å². The number of carbonyl (C=O) groups excluding carboxylic acids is 2. The van der Waals surface area contributed by atoms with Crippen molar-refractivity contribution in [1.29, 1.82) is 0 Å². The van der Waals surface area contributed by atoms with Crippen molar-refractivity contribution in [3.8, 4) is 0 Å². The molecule has 8 N–H and O–H groups in total. The largest absolute Gasteiger partial charge is 0.472 e. The number of rotatable bonds is 41. The molecule has 0 spiro atoms. The third-order valence-electron chi connectivity index (χ3n) is 10.8. The molecule has 1 rings (SSSR count). The number of hydrogen-bond acceptors (Lipinski definition) is 14. The van der Waals surface area contributed by atoms with Crippen LogP contribution in [0.15, 0.2) is 60.8 Å². The minimum atomic E-state index is -5.61. The fourth-order valence-corrected chi connectivity index (χ4v) is 9.19. The predicted molar refractivity (Wildman–Crippen MR) is 261 cm³/mol. The lowest BCUT2D eigenvalue weighted by Gasteiger charge is -2.44. The number of aliphatic hydroxyl groups is 3. The molecule has 1 aliphatic rings. The van der Waals surface area contributed by atoms with Crippen molar-refractivity contribution in [2.75, 3.05) is 13.2 Å². The Morgan fingerprint density at radius 2 is 0.870 bits per heavy atom. The van der Waals surface area contributed by atoms with Crippen molar-refractivity contribution >= 4 is 35.4 Å². The zero-order valence-corrected chi connectivity index (χ0v) is 43.3. The smallest absolute Gasteiger partial charge is 0.462 e. The molecular weight excluding hydrogens is 961 g/mol. The summed E-state index contributed by atoms with van der Waals surface area (Å²) in [6.07, 6.45) is 26.6. The number of esters is 2. The molecule has 400 valence electrons. The van der Waals surface area contributed by atoms with E-state index in [2.05, 4.69) is 83.7 Å². The fraction of sp³-hybridized carbons (Fsp3) is 0.745. The van der Waals surface area contributed by atoms with Gasteiger partial charge in [-0.3, -0.25) is 27.7 Å². The zero-order chi connectivity index (χ0) is 51.4. The van der Waals surface area contributed by atoms with Crippen LogP contribution >= 0.6 is 23.5 Å². The van der Waals surface area contributed by atoms with Crippen molar-refractivity contribution in [2.24, 2.45) is 0 Å². The molecule has 22 heteroatoms. The van der Waals surface area contributed by atoms with Gasteiger partial charge in [0.2, 0.25) is 0 Å². The SMILES string of the molecule is CCC/C=C\C/C=C\CCCCCCCC(=O)O[C@H](COC(=O)CCCCCCCC/C=C\C/C=C\C/C=C\CCCCC)COP(=O)(O)O[C@H]1C(O)C(O)C(OP(=O)(O)O)[C@@H](OP(=O)(O)O)C1O. The highest BCUT2D eigenvalue weighted by Gasteiger charge is 2.56. The maximum atomic E-state index is 13.1. The van der Waals surface area contributed by atoms with Crippen molar-refractivity contribution in [2.45, 2.75) is 211 Å². The molecule has 1 aliphatic carbocycles. The third kappa shape index (κ3) is 34.8. The van der Waals surface area contributed by atoms with E-state index in [1.54, 1.807) is 0 Å². The molecule has 0 heterocycles. The van der Waals surface area contributed by atoms with Crippen LogP contribution in [0.1, 0.15) is 168 Å². The summed E-state index contributed by atoms with van der Waals surface area (Å²) in [5.74, 6) is -1.33. The van der Waals surface area contributed by atoms with E-state index in [0.717, 1.165) is 109 Å². The van der Waals surface area contributed by atoms with Gasteiger partial charge in [-0.15, -0.1) is 0 Å². The topological polar surface area (TPSA) is 303 Å². The number of allylic oxidation sites excluding steroid dienone is 10. The molecule has 0 aromatic carbocycles. The Labute approximate surface area is 409 Å². The monoisotopic (exact) mass is 1040 g/mol. The summed E-state index contributed by atoms with van der Waals surface area (Å²) in [4.78, 5) is 73.2. The lowest BCUT2D eigenvalue weighted by molar-refractivity contribution is -0.213. The lowest BCUT2D eigenvalue weighted by atomic mass is 9.85. The fourth-order valence-electron chi connectivity index (χ4n) is 7.10. The maximum absolute atomic E-state index is 13.1. The maximum Gasteiger partial charge on any atom is 0.472 e. The Morgan fingerprint density at radius 1 is 0.464 bits per heavy atom. The summed E-state index contributed by atoms with van der Waals surface area (Å²) in [7, 11) is -16.6. The van der Waals surface area contributed by atoms with Crippen LogP contribution in [0.4, 0.5) is 0 Å². The van der Waals surface area contributed by atoms with E-state index in [1.165, 1.54) is 19.3 Å². The summed E-state index contributed by atoms with van der Waals surface area (Å²) in [6, 6.07) is 0. The van der Waals surface area contributed by atoms with Crippen molar-refractivity contribution in [3.63, 3.8) is 0 Å². The molecule has 8 atom stereocenters. The second-order valence-corrected chi connectivity index (χ2v) is 20.8. The van der Waals surface area contributed by atoms with Crippen molar-refractivity contribution in [1.82, 2.24) is 0 Å². The molecule has 19 nitrogen and oxygen atoms in total. The van der Waals surface area contributed by atoms with Gasteiger partial charge in [-0.05, 0) is 77.0 Å². The van der Waals surface area contributed by atoms with E-state index in [9.17, 15) is 63.1 Å². The van der Waals surface area contributed by atoms with Crippen LogP contribution in [0.5, 0.6) is 0 Å². The highest BCUT2D eigenvalue weighted by molar-refractivity contribution is 7.47. The predicted octanol–water partition coefficient (Wildman–Crippen LogP) is 9.18. The Bertz CT molecular complexity index is 1670. The van der Waals surface area contributed by atoms with Crippen LogP contribution in [-0.4, -0.2) is 108 Å². The number of phosphoric ester groups is 3. The number of carbonyl (C=O) groups is 2. The lowest BCUT2D eigenvalue weighted by Crippen LogP contribution is -2.65. The highest BCUT2D eigenvalue weighted by Crippen LogP contribution is 2.51. The molecule has 1 saturated carbocycles. The van der Waals surface area contributed by atoms with E-state index in [4.69, 9.17) is 18.5 Å². The van der Waals surface area contributed by atoms with Crippen LogP contribution in [0.3, 0.4) is 0 Å². The van der Waals surface area contributed by atoms with Gasteiger partial charge >= 0.3 is 35.4 Å². The Hall–Kier alpha value is -2.15. The molecule has 0 radical (unpaired) electrons. The van der Waals surface area contributed by atoms with Crippen LogP contribution in [-0.2, 0) is 50.9 Å². The van der Waals surface area contributed by atoms with Gasteiger partial charge in [0, 0.05) is 12.8 Å². The average Bonchev–Trinajstić information content (AvgIpc) is 3.28. The molecule has 69 heavy (non-hydrogen) atoms. The minimum Gasteiger partial charge on any atom is -0.462 e. The second-order valence-electron chi connectivity index (χ2n) is 17.0. The van der Waals surface area contributed by atoms with E-state index in [0.29, 0.717) is 12.8 Å². The highest BCUT2D eigenvalue weighted by atomic mass is 31.2. The Balaban J connectivity index is 2.71. The van der Waals surface area contributed by atoms with Crippen LogP contribution in [0.2, 0.25) is 0 Å². The van der Waals surface area contributed by atoms with Gasteiger partial charge in [0.05, 0.1) is 6.61 Å². The number of ether oxygens (including phenoxy) is 2. The first-order chi connectivity index (χ1) is 32.8. The zero-order valence-electron chi connectivity index (χ0n) is 40.6. The number of unbranched alkanes of at least 4 members (excludes halogenated alkanes) is 15. The first-order valence-corrected chi connectivity index (χ1v) is 29.1. The van der Waals surface area contributed by atoms with E-state index in [-0.39, 0.29) is 12.8 Å². The molecule has 0 aliphatic heterocycles. The molecular formula is C47H83O19P3. The summed E-state index contributed by atoms with van der Waals surface area (Å²) in [5, 5.41) is 31.9. The Kier molecular flexibility index (Phi) is 36.2. The van der Waals surface area contributed by atoms with Crippen LogP contribution in [0.25, 0.3) is 0 Å². The molecule has 0 aromatic rings.